The first-order valence-electron chi connectivity index (χ1n) is 8.05. The topological polar surface area (TPSA) is 107 Å². The monoisotopic (exact) mass is 406 g/mol. The number of rotatable bonds is 6. The number of fused-ring (bicyclic) bond motifs is 1. The predicted octanol–water partition coefficient (Wildman–Crippen LogP) is 2.98. The number of aliphatic hydroxyl groups excluding tert-OH is 1. The van der Waals surface area contributed by atoms with Crippen LogP contribution in [-0.4, -0.2) is 39.2 Å². The lowest BCUT2D eigenvalue weighted by Crippen LogP contribution is -2.24. The standard InChI is InChI=1S/C18H16Cl2N4O3/c19-11-6-10(7-12(20)8-11)9-23-18(27)15-16(26)14-13(2-1-3-21-14)17(24-15)22-4-5-25/h1-3,6-8,25-26H,4-5,9H2,(H,22,24)(H,23,27). The van der Waals surface area contributed by atoms with E-state index in [1.165, 1.54) is 6.20 Å². The fourth-order valence-electron chi connectivity index (χ4n) is 2.57. The number of nitrogens with zero attached hydrogens (tertiary/aromatic N) is 2. The van der Waals surface area contributed by atoms with E-state index in [2.05, 4.69) is 20.6 Å². The summed E-state index contributed by atoms with van der Waals surface area (Å²) in [5, 5.41) is 26.5. The van der Waals surface area contributed by atoms with Gasteiger partial charge in [0, 0.05) is 34.7 Å². The van der Waals surface area contributed by atoms with Crippen LogP contribution < -0.4 is 10.6 Å². The lowest BCUT2D eigenvalue weighted by atomic mass is 10.2. The summed E-state index contributed by atoms with van der Waals surface area (Å²) in [5.74, 6) is -0.550. The molecule has 1 amide bonds. The molecule has 0 unspecified atom stereocenters. The zero-order valence-corrected chi connectivity index (χ0v) is 15.6. The van der Waals surface area contributed by atoms with Gasteiger partial charge in [0.1, 0.15) is 11.3 Å². The van der Waals surface area contributed by atoms with E-state index in [1.54, 1.807) is 30.3 Å². The Labute approximate surface area is 165 Å². The maximum absolute atomic E-state index is 12.6. The zero-order valence-electron chi connectivity index (χ0n) is 14.0. The summed E-state index contributed by atoms with van der Waals surface area (Å²) in [6.45, 7) is 0.283. The molecule has 4 N–H and O–H groups in total. The van der Waals surface area contributed by atoms with Crippen molar-refractivity contribution >= 4 is 45.8 Å². The van der Waals surface area contributed by atoms with E-state index < -0.39 is 5.91 Å². The molecule has 27 heavy (non-hydrogen) atoms. The molecule has 0 bridgehead atoms. The van der Waals surface area contributed by atoms with Gasteiger partial charge < -0.3 is 20.8 Å². The van der Waals surface area contributed by atoms with Crippen LogP contribution in [0.2, 0.25) is 10.0 Å². The average Bonchev–Trinajstić information content (AvgIpc) is 2.65. The number of aromatic hydroxyl groups is 1. The Hall–Kier alpha value is -2.61. The van der Waals surface area contributed by atoms with Gasteiger partial charge in [-0.05, 0) is 35.9 Å². The van der Waals surface area contributed by atoms with Gasteiger partial charge in [-0.2, -0.15) is 0 Å². The Morgan fingerprint density at radius 3 is 2.63 bits per heavy atom. The number of benzene rings is 1. The van der Waals surface area contributed by atoms with Gasteiger partial charge in [-0.15, -0.1) is 0 Å². The van der Waals surface area contributed by atoms with Crippen LogP contribution in [0.3, 0.4) is 0 Å². The number of carbonyl (C=O) groups excluding carboxylic acids is 1. The second-order valence-corrected chi connectivity index (χ2v) is 6.54. The molecular formula is C18H16Cl2N4O3. The summed E-state index contributed by atoms with van der Waals surface area (Å²) in [4.78, 5) is 20.9. The highest BCUT2D eigenvalue weighted by molar-refractivity contribution is 6.34. The van der Waals surface area contributed by atoms with Crippen LogP contribution in [-0.2, 0) is 6.54 Å². The largest absolute Gasteiger partial charge is 0.504 e. The average molecular weight is 407 g/mol. The Bertz CT molecular complexity index is 977. The number of aromatic nitrogens is 2. The van der Waals surface area contributed by atoms with Gasteiger partial charge in [0.25, 0.3) is 5.91 Å². The lowest BCUT2D eigenvalue weighted by Gasteiger charge is -2.12. The van der Waals surface area contributed by atoms with E-state index >= 15 is 0 Å². The van der Waals surface area contributed by atoms with Crippen molar-refractivity contribution in [2.45, 2.75) is 6.54 Å². The number of nitrogens with one attached hydrogen (secondary N) is 2. The number of hydrogen-bond donors (Lipinski definition) is 4. The highest BCUT2D eigenvalue weighted by atomic mass is 35.5. The maximum atomic E-state index is 12.6. The van der Waals surface area contributed by atoms with Gasteiger partial charge >= 0.3 is 0 Å². The van der Waals surface area contributed by atoms with Gasteiger partial charge in [0.2, 0.25) is 0 Å². The van der Waals surface area contributed by atoms with Crippen LogP contribution in [0.4, 0.5) is 5.82 Å². The number of aliphatic hydroxyl groups is 1. The molecule has 1 aromatic carbocycles. The number of anilines is 1. The van der Waals surface area contributed by atoms with Gasteiger partial charge in [-0.3, -0.25) is 9.78 Å². The van der Waals surface area contributed by atoms with E-state index in [1.807, 2.05) is 0 Å². The molecule has 0 fully saturated rings. The second-order valence-electron chi connectivity index (χ2n) is 5.67. The van der Waals surface area contributed by atoms with Crippen molar-refractivity contribution in [3.8, 4) is 5.75 Å². The first-order chi connectivity index (χ1) is 13.0. The quantitative estimate of drug-likeness (QED) is 0.501. The van der Waals surface area contributed by atoms with Crippen LogP contribution in [0.5, 0.6) is 5.75 Å². The van der Waals surface area contributed by atoms with Crippen molar-refractivity contribution in [3.63, 3.8) is 0 Å². The number of amides is 1. The zero-order chi connectivity index (χ0) is 19.4. The number of halogens is 2. The summed E-state index contributed by atoms with van der Waals surface area (Å²) in [6.07, 6.45) is 1.51. The van der Waals surface area contributed by atoms with E-state index in [0.29, 0.717) is 26.8 Å². The van der Waals surface area contributed by atoms with Gasteiger partial charge in [0.15, 0.2) is 11.4 Å². The van der Waals surface area contributed by atoms with Crippen LogP contribution in [0.25, 0.3) is 10.9 Å². The SMILES string of the molecule is O=C(NCc1cc(Cl)cc(Cl)c1)c1nc(NCCO)c2cccnc2c1O. The molecule has 0 saturated carbocycles. The van der Waals surface area contributed by atoms with Crippen LogP contribution >= 0.6 is 23.2 Å². The molecule has 140 valence electrons. The lowest BCUT2D eigenvalue weighted by molar-refractivity contribution is 0.0943. The minimum atomic E-state index is -0.580. The summed E-state index contributed by atoms with van der Waals surface area (Å²) in [6, 6.07) is 8.35. The molecule has 0 spiro atoms. The first kappa shape index (κ1) is 19.2. The molecule has 0 aliphatic carbocycles. The van der Waals surface area contributed by atoms with E-state index in [-0.39, 0.29) is 36.7 Å². The molecule has 9 heteroatoms. The predicted molar refractivity (Wildman–Crippen MR) is 104 cm³/mol. The molecule has 0 aliphatic heterocycles. The molecule has 3 aromatic rings. The molecule has 0 radical (unpaired) electrons. The molecule has 2 aromatic heterocycles. The smallest absolute Gasteiger partial charge is 0.274 e. The van der Waals surface area contributed by atoms with Crippen molar-refractivity contribution < 1.29 is 15.0 Å². The number of carbonyl (C=O) groups is 1. The third kappa shape index (κ3) is 4.39. The molecular weight excluding hydrogens is 391 g/mol. The summed E-state index contributed by atoms with van der Waals surface area (Å²) in [5.41, 5.74) is 0.775. The third-order valence-corrected chi connectivity index (χ3v) is 4.17. The molecule has 0 atom stereocenters. The fourth-order valence-corrected chi connectivity index (χ4v) is 3.14. The third-order valence-electron chi connectivity index (χ3n) is 3.73. The summed E-state index contributed by atoms with van der Waals surface area (Å²) >= 11 is 11.9. The van der Waals surface area contributed by atoms with Crippen LogP contribution in [0.1, 0.15) is 16.1 Å². The maximum Gasteiger partial charge on any atom is 0.274 e. The van der Waals surface area contributed by atoms with Gasteiger partial charge in [-0.1, -0.05) is 23.2 Å². The normalized spacial score (nSPS) is 10.8. The molecule has 0 saturated heterocycles. The molecule has 2 heterocycles. The molecule has 3 rings (SSSR count). The van der Waals surface area contributed by atoms with Crippen molar-refractivity contribution in [1.82, 2.24) is 15.3 Å². The Balaban J connectivity index is 1.90. The Kier molecular flexibility index (Phi) is 5.95. The van der Waals surface area contributed by atoms with Crippen molar-refractivity contribution in [1.29, 1.82) is 0 Å². The van der Waals surface area contributed by atoms with E-state index in [9.17, 15) is 9.90 Å². The fraction of sp³-hybridized carbons (Fsp3) is 0.167. The van der Waals surface area contributed by atoms with E-state index in [0.717, 1.165) is 0 Å². The second kappa shape index (κ2) is 8.39. The van der Waals surface area contributed by atoms with Crippen LogP contribution in [0.15, 0.2) is 36.5 Å². The van der Waals surface area contributed by atoms with Crippen molar-refractivity contribution in [2.75, 3.05) is 18.5 Å². The minimum absolute atomic E-state index is 0.110. The van der Waals surface area contributed by atoms with Crippen molar-refractivity contribution in [2.24, 2.45) is 0 Å². The number of hydrogen-bond acceptors (Lipinski definition) is 6. The highest BCUT2D eigenvalue weighted by Gasteiger charge is 2.19. The summed E-state index contributed by atoms with van der Waals surface area (Å²) in [7, 11) is 0. The Morgan fingerprint density at radius 1 is 1.19 bits per heavy atom. The van der Waals surface area contributed by atoms with Gasteiger partial charge in [0.05, 0.1) is 6.61 Å². The summed E-state index contributed by atoms with van der Waals surface area (Å²) < 4.78 is 0. The first-order valence-corrected chi connectivity index (χ1v) is 8.80. The molecule has 0 aliphatic rings. The minimum Gasteiger partial charge on any atom is -0.504 e. The van der Waals surface area contributed by atoms with Crippen molar-refractivity contribution in [3.05, 3.63) is 57.8 Å². The van der Waals surface area contributed by atoms with Crippen LogP contribution in [0, 0.1) is 0 Å². The highest BCUT2D eigenvalue weighted by Crippen LogP contribution is 2.30. The molecule has 7 nitrogen and oxygen atoms in total. The number of pyridine rings is 2. The van der Waals surface area contributed by atoms with Gasteiger partial charge in [-0.25, -0.2) is 4.98 Å². The Morgan fingerprint density at radius 2 is 1.93 bits per heavy atom. The van der Waals surface area contributed by atoms with E-state index in [4.69, 9.17) is 28.3 Å².